The van der Waals surface area contributed by atoms with E-state index < -0.39 is 23.7 Å². The highest BCUT2D eigenvalue weighted by molar-refractivity contribution is 5.83. The summed E-state index contributed by atoms with van der Waals surface area (Å²) in [7, 11) is 0. The minimum atomic E-state index is -1.11. The Morgan fingerprint density at radius 2 is 2.00 bits per heavy atom. The summed E-state index contributed by atoms with van der Waals surface area (Å²) in [6.45, 7) is 5.20. The van der Waals surface area contributed by atoms with Crippen molar-refractivity contribution in [2.24, 2.45) is 5.73 Å². The molecule has 0 aromatic carbocycles. The van der Waals surface area contributed by atoms with Crippen molar-refractivity contribution in [3.63, 3.8) is 0 Å². The van der Waals surface area contributed by atoms with Crippen LogP contribution in [0.3, 0.4) is 0 Å². The molecule has 0 aromatic heterocycles. The van der Waals surface area contributed by atoms with Crippen molar-refractivity contribution in [2.75, 3.05) is 19.8 Å². The van der Waals surface area contributed by atoms with Gasteiger partial charge < -0.3 is 25.6 Å². The zero-order valence-electron chi connectivity index (χ0n) is 10.4. The van der Waals surface area contributed by atoms with Crippen LogP contribution in [0.25, 0.3) is 0 Å². The van der Waals surface area contributed by atoms with Gasteiger partial charge in [0.05, 0.1) is 18.8 Å². The standard InChI is InChI=1S/C10H20N2O5/c1-10(2,3)16-6-7(17-9(11)15)8(14)12-4-5-13/h7,13H,4-6H2,1-3H3,(H2,11,15)(H,12,14). The largest absolute Gasteiger partial charge is 0.434 e. The molecule has 0 saturated heterocycles. The average Bonchev–Trinajstić information content (AvgIpc) is 2.18. The summed E-state index contributed by atoms with van der Waals surface area (Å²) in [5.41, 5.74) is 4.39. The van der Waals surface area contributed by atoms with E-state index in [1.807, 2.05) is 0 Å². The summed E-state index contributed by atoms with van der Waals surface area (Å²) in [5, 5.41) is 10.9. The third-order valence-electron chi connectivity index (χ3n) is 1.63. The molecule has 7 heteroatoms. The molecular formula is C10H20N2O5. The number of aliphatic hydroxyl groups excluding tert-OH is 1. The fraction of sp³-hybridized carbons (Fsp3) is 0.800. The van der Waals surface area contributed by atoms with Crippen LogP contribution < -0.4 is 11.1 Å². The number of primary amides is 1. The van der Waals surface area contributed by atoms with Gasteiger partial charge in [0.2, 0.25) is 6.10 Å². The monoisotopic (exact) mass is 248 g/mol. The Kier molecular flexibility index (Phi) is 6.52. The number of nitrogens with one attached hydrogen (secondary N) is 1. The molecule has 0 aliphatic rings. The second-order valence-corrected chi connectivity index (χ2v) is 4.36. The molecule has 1 atom stereocenters. The number of rotatable bonds is 6. The van der Waals surface area contributed by atoms with E-state index >= 15 is 0 Å². The van der Waals surface area contributed by atoms with E-state index in [4.69, 9.17) is 15.6 Å². The first-order valence-electron chi connectivity index (χ1n) is 5.25. The van der Waals surface area contributed by atoms with Gasteiger partial charge in [0, 0.05) is 6.54 Å². The van der Waals surface area contributed by atoms with E-state index in [9.17, 15) is 9.59 Å². The van der Waals surface area contributed by atoms with Gasteiger partial charge >= 0.3 is 6.09 Å². The quantitative estimate of drug-likeness (QED) is 0.579. The third-order valence-corrected chi connectivity index (χ3v) is 1.63. The second kappa shape index (κ2) is 7.08. The predicted octanol–water partition coefficient (Wildman–Crippen LogP) is -0.626. The minimum absolute atomic E-state index is 0.0764. The van der Waals surface area contributed by atoms with Crippen LogP contribution in [0.5, 0.6) is 0 Å². The molecule has 0 aliphatic carbocycles. The average molecular weight is 248 g/mol. The normalized spacial score (nSPS) is 12.9. The van der Waals surface area contributed by atoms with E-state index in [-0.39, 0.29) is 19.8 Å². The highest BCUT2D eigenvalue weighted by Crippen LogP contribution is 2.08. The molecule has 0 saturated carbocycles. The van der Waals surface area contributed by atoms with Gasteiger partial charge in [0.25, 0.3) is 5.91 Å². The smallest absolute Gasteiger partial charge is 0.405 e. The maximum absolute atomic E-state index is 11.5. The molecule has 2 amide bonds. The molecule has 0 aromatic rings. The van der Waals surface area contributed by atoms with Crippen LogP contribution in [-0.4, -0.2) is 48.6 Å². The Morgan fingerprint density at radius 1 is 1.41 bits per heavy atom. The van der Waals surface area contributed by atoms with Gasteiger partial charge in [-0.15, -0.1) is 0 Å². The molecule has 0 fully saturated rings. The summed E-state index contributed by atoms with van der Waals surface area (Å²) in [4.78, 5) is 22.1. The lowest BCUT2D eigenvalue weighted by Gasteiger charge is -2.23. The number of carbonyl (C=O) groups is 2. The fourth-order valence-electron chi connectivity index (χ4n) is 0.922. The number of hydrogen-bond donors (Lipinski definition) is 3. The first-order chi connectivity index (χ1) is 7.76. The van der Waals surface area contributed by atoms with Gasteiger partial charge in [-0.1, -0.05) is 0 Å². The predicted molar refractivity (Wildman–Crippen MR) is 60.3 cm³/mol. The van der Waals surface area contributed by atoms with E-state index in [0.717, 1.165) is 0 Å². The van der Waals surface area contributed by atoms with Crippen molar-refractivity contribution < 1.29 is 24.2 Å². The first-order valence-corrected chi connectivity index (χ1v) is 5.25. The van der Waals surface area contributed by atoms with E-state index in [1.54, 1.807) is 20.8 Å². The highest BCUT2D eigenvalue weighted by Gasteiger charge is 2.24. The number of carbonyl (C=O) groups excluding carboxylic acids is 2. The first kappa shape index (κ1) is 15.7. The summed E-state index contributed by atoms with van der Waals surface area (Å²) in [5.74, 6) is -0.554. The highest BCUT2D eigenvalue weighted by atomic mass is 16.6. The maximum Gasteiger partial charge on any atom is 0.405 e. The molecule has 0 bridgehead atoms. The molecule has 100 valence electrons. The third kappa shape index (κ3) is 8.47. The van der Waals surface area contributed by atoms with Gasteiger partial charge in [-0.05, 0) is 20.8 Å². The number of hydrogen-bond acceptors (Lipinski definition) is 5. The molecule has 4 N–H and O–H groups in total. The Labute approximate surface area is 100 Å². The molecule has 0 spiro atoms. The van der Waals surface area contributed by atoms with Gasteiger partial charge in [-0.2, -0.15) is 0 Å². The van der Waals surface area contributed by atoms with Crippen LogP contribution in [0.4, 0.5) is 4.79 Å². The maximum atomic E-state index is 11.5. The van der Waals surface area contributed by atoms with Crippen molar-refractivity contribution in [3.8, 4) is 0 Å². The summed E-state index contributed by atoms with van der Waals surface area (Å²) in [6, 6.07) is 0. The lowest BCUT2D eigenvalue weighted by Crippen LogP contribution is -2.44. The molecule has 17 heavy (non-hydrogen) atoms. The summed E-state index contributed by atoms with van der Waals surface area (Å²) < 4.78 is 9.96. The summed E-state index contributed by atoms with van der Waals surface area (Å²) in [6.07, 6.45) is -2.16. The van der Waals surface area contributed by atoms with Crippen LogP contribution >= 0.6 is 0 Å². The van der Waals surface area contributed by atoms with Crippen molar-refractivity contribution in [1.29, 1.82) is 0 Å². The van der Waals surface area contributed by atoms with Crippen molar-refractivity contribution in [2.45, 2.75) is 32.5 Å². The zero-order chi connectivity index (χ0) is 13.5. The number of amides is 2. The molecule has 7 nitrogen and oxygen atoms in total. The van der Waals surface area contributed by atoms with Crippen molar-refractivity contribution in [1.82, 2.24) is 5.32 Å². The van der Waals surface area contributed by atoms with Crippen LogP contribution in [0, 0.1) is 0 Å². The van der Waals surface area contributed by atoms with Crippen molar-refractivity contribution >= 4 is 12.0 Å². The van der Waals surface area contributed by atoms with Crippen LogP contribution in [-0.2, 0) is 14.3 Å². The fourth-order valence-corrected chi connectivity index (χ4v) is 0.922. The van der Waals surface area contributed by atoms with Crippen LogP contribution in [0.15, 0.2) is 0 Å². The molecule has 0 radical (unpaired) electrons. The van der Waals surface area contributed by atoms with E-state index in [1.165, 1.54) is 0 Å². The lowest BCUT2D eigenvalue weighted by atomic mass is 10.2. The topological polar surface area (TPSA) is 111 Å². The van der Waals surface area contributed by atoms with Crippen LogP contribution in [0.2, 0.25) is 0 Å². The Morgan fingerprint density at radius 3 is 2.41 bits per heavy atom. The van der Waals surface area contributed by atoms with Crippen LogP contribution in [0.1, 0.15) is 20.8 Å². The van der Waals surface area contributed by atoms with Crippen molar-refractivity contribution in [3.05, 3.63) is 0 Å². The SMILES string of the molecule is CC(C)(C)OCC(OC(N)=O)C(=O)NCCO. The molecule has 0 aliphatic heterocycles. The van der Waals surface area contributed by atoms with E-state index in [0.29, 0.717) is 0 Å². The summed E-state index contributed by atoms with van der Waals surface area (Å²) >= 11 is 0. The molecule has 0 heterocycles. The Bertz CT molecular complexity index is 262. The van der Waals surface area contributed by atoms with Gasteiger partial charge in [0.15, 0.2) is 0 Å². The molecular weight excluding hydrogens is 228 g/mol. The number of aliphatic hydroxyl groups is 1. The zero-order valence-corrected chi connectivity index (χ0v) is 10.4. The molecule has 1 unspecified atom stereocenters. The van der Waals surface area contributed by atoms with Gasteiger partial charge in [0.1, 0.15) is 0 Å². The van der Waals surface area contributed by atoms with Gasteiger partial charge in [-0.25, -0.2) is 4.79 Å². The second-order valence-electron chi connectivity index (χ2n) is 4.36. The molecule has 0 rings (SSSR count). The number of nitrogens with two attached hydrogens (primary N) is 1. The van der Waals surface area contributed by atoms with Gasteiger partial charge in [-0.3, -0.25) is 4.79 Å². The number of ether oxygens (including phenoxy) is 2. The Balaban J connectivity index is 4.32. The lowest BCUT2D eigenvalue weighted by molar-refractivity contribution is -0.136. The van der Waals surface area contributed by atoms with E-state index in [2.05, 4.69) is 10.1 Å². The Hall–Kier alpha value is -1.34. The minimum Gasteiger partial charge on any atom is -0.434 e.